The van der Waals surface area contributed by atoms with E-state index >= 15 is 0 Å². The van der Waals surface area contributed by atoms with Crippen LogP contribution in [0.15, 0.2) is 42.5 Å². The van der Waals surface area contributed by atoms with Gasteiger partial charge in [-0.05, 0) is 78.4 Å². The lowest BCUT2D eigenvalue weighted by Gasteiger charge is -2.29. The van der Waals surface area contributed by atoms with E-state index in [0.717, 1.165) is 3.57 Å². The van der Waals surface area contributed by atoms with Gasteiger partial charge in [0.25, 0.3) is 5.91 Å². The zero-order valence-electron chi connectivity index (χ0n) is 15.5. The first-order valence-corrected chi connectivity index (χ1v) is 10.5. The number of halogens is 3. The molecule has 0 saturated carbocycles. The second kappa shape index (κ2) is 10.9. The number of carbonyl (C=O) groups excluding carboxylic acids is 2. The van der Waals surface area contributed by atoms with Crippen LogP contribution in [0.2, 0.25) is 10.0 Å². The highest BCUT2D eigenvalue weighted by molar-refractivity contribution is 14.1. The molecule has 2 aromatic carbocycles. The Morgan fingerprint density at radius 2 is 1.86 bits per heavy atom. The molecular formula is C20H21Cl2IN2O3. The van der Waals surface area contributed by atoms with E-state index < -0.39 is 6.04 Å². The van der Waals surface area contributed by atoms with Gasteiger partial charge in [0.1, 0.15) is 11.8 Å². The molecule has 0 aliphatic rings. The van der Waals surface area contributed by atoms with Gasteiger partial charge in [0, 0.05) is 26.7 Å². The van der Waals surface area contributed by atoms with Crippen LogP contribution in [-0.4, -0.2) is 35.9 Å². The average molecular weight is 535 g/mol. The van der Waals surface area contributed by atoms with Crippen molar-refractivity contribution in [2.75, 3.05) is 13.2 Å². The molecule has 2 rings (SSSR count). The van der Waals surface area contributed by atoms with E-state index in [2.05, 4.69) is 27.9 Å². The highest BCUT2D eigenvalue weighted by atomic mass is 127. The van der Waals surface area contributed by atoms with Crippen LogP contribution in [0.5, 0.6) is 5.75 Å². The number of carbonyl (C=O) groups is 2. The van der Waals surface area contributed by atoms with Gasteiger partial charge in [-0.25, -0.2) is 0 Å². The third kappa shape index (κ3) is 6.53. The smallest absolute Gasteiger partial charge is 0.261 e. The molecule has 0 saturated heterocycles. The molecule has 8 heteroatoms. The van der Waals surface area contributed by atoms with E-state index in [1.54, 1.807) is 37.3 Å². The lowest BCUT2D eigenvalue weighted by atomic mass is 10.1. The number of hydrogen-bond acceptors (Lipinski definition) is 3. The molecule has 1 N–H and O–H groups in total. The Labute approximate surface area is 188 Å². The lowest BCUT2D eigenvalue weighted by Crippen LogP contribution is -2.49. The van der Waals surface area contributed by atoms with Crippen LogP contribution in [0.4, 0.5) is 0 Å². The summed E-state index contributed by atoms with van der Waals surface area (Å²) in [5, 5.41) is 3.68. The molecule has 150 valence electrons. The molecule has 0 spiro atoms. The predicted molar refractivity (Wildman–Crippen MR) is 120 cm³/mol. The number of nitrogens with one attached hydrogen (secondary N) is 1. The fourth-order valence-corrected chi connectivity index (χ4v) is 3.32. The van der Waals surface area contributed by atoms with Gasteiger partial charge >= 0.3 is 0 Å². The van der Waals surface area contributed by atoms with Gasteiger partial charge in [-0.3, -0.25) is 9.59 Å². The summed E-state index contributed by atoms with van der Waals surface area (Å²) in [5.41, 5.74) is 0.699. The Bertz CT molecular complexity index is 831. The summed E-state index contributed by atoms with van der Waals surface area (Å²) in [4.78, 5) is 26.6. The van der Waals surface area contributed by atoms with Gasteiger partial charge in [-0.15, -0.1) is 0 Å². The molecule has 0 fully saturated rings. The van der Waals surface area contributed by atoms with E-state index in [-0.39, 0.29) is 25.0 Å². The summed E-state index contributed by atoms with van der Waals surface area (Å²) in [5.74, 6) is 0.0300. The van der Waals surface area contributed by atoms with Crippen LogP contribution in [0.3, 0.4) is 0 Å². The minimum absolute atomic E-state index is 0.170. The van der Waals surface area contributed by atoms with Gasteiger partial charge in [0.15, 0.2) is 6.61 Å². The van der Waals surface area contributed by atoms with E-state index in [0.29, 0.717) is 27.9 Å². The van der Waals surface area contributed by atoms with E-state index in [1.165, 1.54) is 4.90 Å². The second-order valence-corrected chi connectivity index (χ2v) is 8.16. The largest absolute Gasteiger partial charge is 0.484 e. The first kappa shape index (κ1) is 22.8. The summed E-state index contributed by atoms with van der Waals surface area (Å²) >= 11 is 14.4. The molecule has 0 aliphatic heterocycles. The number of ether oxygens (including phenoxy) is 1. The first-order chi connectivity index (χ1) is 13.3. The zero-order chi connectivity index (χ0) is 20.7. The monoisotopic (exact) mass is 534 g/mol. The molecule has 28 heavy (non-hydrogen) atoms. The minimum Gasteiger partial charge on any atom is -0.484 e. The Kier molecular flexibility index (Phi) is 8.85. The third-order valence-electron chi connectivity index (χ3n) is 4.05. The summed E-state index contributed by atoms with van der Waals surface area (Å²) < 4.78 is 6.67. The molecule has 0 unspecified atom stereocenters. The van der Waals surface area contributed by atoms with Crippen molar-refractivity contribution in [3.63, 3.8) is 0 Å². The molecule has 0 aliphatic carbocycles. The molecule has 0 heterocycles. The fourth-order valence-electron chi connectivity index (χ4n) is 2.50. The number of rotatable bonds is 8. The molecule has 1 atom stereocenters. The van der Waals surface area contributed by atoms with Crippen molar-refractivity contribution in [3.8, 4) is 5.75 Å². The summed E-state index contributed by atoms with van der Waals surface area (Å²) in [7, 11) is 0. The fraction of sp³-hybridized carbons (Fsp3) is 0.300. The number of hydrogen-bond donors (Lipinski definition) is 1. The van der Waals surface area contributed by atoms with Gasteiger partial charge in [-0.2, -0.15) is 0 Å². The third-order valence-corrected chi connectivity index (χ3v) is 5.36. The van der Waals surface area contributed by atoms with Crippen molar-refractivity contribution >= 4 is 57.6 Å². The van der Waals surface area contributed by atoms with Crippen molar-refractivity contribution in [3.05, 3.63) is 61.6 Å². The predicted octanol–water partition coefficient (Wildman–Crippen LogP) is 4.53. The molecular weight excluding hydrogens is 514 g/mol. The Balaban J connectivity index is 2.17. The molecule has 0 aromatic heterocycles. The molecule has 0 bridgehead atoms. The van der Waals surface area contributed by atoms with E-state index in [4.69, 9.17) is 27.9 Å². The number of likely N-dealkylation sites (N-methyl/N-ethyl adjacent to an activating group) is 1. The van der Waals surface area contributed by atoms with Crippen molar-refractivity contribution in [1.29, 1.82) is 0 Å². The topological polar surface area (TPSA) is 58.6 Å². The van der Waals surface area contributed by atoms with Crippen LogP contribution in [0.1, 0.15) is 19.4 Å². The second-order valence-electron chi connectivity index (χ2n) is 6.07. The molecule has 2 amide bonds. The maximum Gasteiger partial charge on any atom is 0.261 e. The van der Waals surface area contributed by atoms with Crippen molar-refractivity contribution < 1.29 is 14.3 Å². The maximum atomic E-state index is 12.9. The molecule has 0 radical (unpaired) electrons. The molecule has 2 aromatic rings. The Morgan fingerprint density at radius 3 is 2.46 bits per heavy atom. The Hall–Kier alpha value is -1.51. The van der Waals surface area contributed by atoms with Crippen LogP contribution in [0, 0.1) is 3.57 Å². The van der Waals surface area contributed by atoms with Crippen LogP contribution in [-0.2, 0) is 16.1 Å². The summed E-state index contributed by atoms with van der Waals surface area (Å²) in [6, 6.07) is 11.7. The number of nitrogens with zero attached hydrogens (tertiary/aromatic N) is 1. The number of benzene rings is 2. The van der Waals surface area contributed by atoms with Gasteiger partial charge in [-0.1, -0.05) is 29.3 Å². The standard InChI is InChI=1S/C20H21Cl2IN2O3/c1-3-24-20(27)13(2)25(11-14-4-5-15(21)10-18(14)22)19(26)12-28-17-8-6-16(23)7-9-17/h4-10,13H,3,11-12H2,1-2H3,(H,24,27)/t13-/m1/s1. The normalized spacial score (nSPS) is 11.6. The molecule has 5 nitrogen and oxygen atoms in total. The quantitative estimate of drug-likeness (QED) is 0.506. The van der Waals surface area contributed by atoms with Gasteiger partial charge in [0.2, 0.25) is 5.91 Å². The van der Waals surface area contributed by atoms with Crippen molar-refractivity contribution in [2.45, 2.75) is 26.4 Å². The highest BCUT2D eigenvalue weighted by Crippen LogP contribution is 2.23. The first-order valence-electron chi connectivity index (χ1n) is 8.71. The van der Waals surface area contributed by atoms with E-state index in [1.807, 2.05) is 19.1 Å². The summed E-state index contributed by atoms with van der Waals surface area (Å²) in [6.45, 7) is 3.97. The van der Waals surface area contributed by atoms with Crippen molar-refractivity contribution in [2.24, 2.45) is 0 Å². The van der Waals surface area contributed by atoms with Gasteiger partial charge in [0.05, 0.1) is 0 Å². The Morgan fingerprint density at radius 1 is 1.18 bits per heavy atom. The highest BCUT2D eigenvalue weighted by Gasteiger charge is 2.26. The van der Waals surface area contributed by atoms with Crippen molar-refractivity contribution in [1.82, 2.24) is 10.2 Å². The maximum absolute atomic E-state index is 12.9. The van der Waals surface area contributed by atoms with E-state index in [9.17, 15) is 9.59 Å². The zero-order valence-corrected chi connectivity index (χ0v) is 19.2. The van der Waals surface area contributed by atoms with Gasteiger partial charge < -0.3 is 15.0 Å². The lowest BCUT2D eigenvalue weighted by molar-refractivity contribution is -0.142. The minimum atomic E-state index is -0.681. The average Bonchev–Trinajstić information content (AvgIpc) is 2.66. The summed E-state index contributed by atoms with van der Waals surface area (Å²) in [6.07, 6.45) is 0. The van der Waals surface area contributed by atoms with Crippen LogP contribution in [0.25, 0.3) is 0 Å². The SMILES string of the molecule is CCNC(=O)[C@@H](C)N(Cc1ccc(Cl)cc1Cl)C(=O)COc1ccc(I)cc1. The number of amides is 2. The van der Waals surface area contributed by atoms with Crippen LogP contribution >= 0.6 is 45.8 Å². The van der Waals surface area contributed by atoms with Crippen LogP contribution < -0.4 is 10.1 Å².